The minimum absolute atomic E-state index is 0.0627. The average molecular weight is 319 g/mol. The van der Waals surface area contributed by atoms with Gasteiger partial charge in [0.2, 0.25) is 0 Å². The van der Waals surface area contributed by atoms with Crippen LogP contribution in [0.1, 0.15) is 16.8 Å². The first kappa shape index (κ1) is 12.9. The Kier molecular flexibility index (Phi) is 4.07. The Morgan fingerprint density at radius 3 is 3.00 bits per heavy atom. The molecule has 3 nitrogen and oxygen atoms in total. The van der Waals surface area contributed by atoms with Crippen LogP contribution >= 0.6 is 27.5 Å². The average Bonchev–Trinajstić information content (AvgIpc) is 2.80. The monoisotopic (exact) mass is 317 g/mol. The first-order chi connectivity index (χ1) is 8.11. The second-order valence-electron chi connectivity index (χ2n) is 4.21. The van der Waals surface area contributed by atoms with Gasteiger partial charge in [-0.05, 0) is 24.6 Å². The van der Waals surface area contributed by atoms with Crippen LogP contribution in [0.3, 0.4) is 0 Å². The number of carbonyl (C=O) groups is 1. The van der Waals surface area contributed by atoms with Gasteiger partial charge in [0, 0.05) is 30.1 Å². The van der Waals surface area contributed by atoms with Crippen molar-refractivity contribution in [3.05, 3.63) is 33.3 Å². The molecule has 1 aromatic rings. The van der Waals surface area contributed by atoms with Crippen LogP contribution in [0.15, 0.2) is 22.7 Å². The molecule has 0 bridgehead atoms. The molecule has 1 atom stereocenters. The smallest absolute Gasteiger partial charge is 0.255 e. The summed E-state index contributed by atoms with van der Waals surface area (Å²) in [6, 6.07) is 5.25. The second-order valence-corrected chi connectivity index (χ2v) is 5.54. The molecule has 1 amide bonds. The van der Waals surface area contributed by atoms with Crippen LogP contribution in [0.2, 0.25) is 5.02 Å². The lowest BCUT2D eigenvalue weighted by molar-refractivity contribution is 0.0782. The summed E-state index contributed by atoms with van der Waals surface area (Å²) in [7, 11) is 0. The number of hydrogen-bond donors (Lipinski definition) is 1. The van der Waals surface area contributed by atoms with Gasteiger partial charge in [-0.25, -0.2) is 0 Å². The molecule has 0 aromatic heterocycles. The lowest BCUT2D eigenvalue weighted by atomic mass is 10.1. The summed E-state index contributed by atoms with van der Waals surface area (Å²) in [5.74, 6) is 0.136. The second kappa shape index (κ2) is 5.38. The molecule has 1 N–H and O–H groups in total. The number of benzene rings is 1. The summed E-state index contributed by atoms with van der Waals surface area (Å²) in [4.78, 5) is 14.0. The maximum absolute atomic E-state index is 12.2. The Balaban J connectivity index is 2.17. The molecule has 0 aliphatic carbocycles. The van der Waals surface area contributed by atoms with Gasteiger partial charge in [-0.2, -0.15) is 0 Å². The standard InChI is InChI=1S/C12H13BrClNO2/c13-9-1-2-11(14)10(5-9)12(17)15-4-3-8(6-15)7-16/h1-2,5,8,16H,3-4,6-7H2. The maximum atomic E-state index is 12.2. The zero-order valence-corrected chi connectivity index (χ0v) is 11.5. The van der Waals surface area contributed by atoms with Gasteiger partial charge in [-0.1, -0.05) is 27.5 Å². The number of amides is 1. The van der Waals surface area contributed by atoms with Crippen molar-refractivity contribution in [3.8, 4) is 0 Å². The van der Waals surface area contributed by atoms with E-state index >= 15 is 0 Å². The summed E-state index contributed by atoms with van der Waals surface area (Å²) in [5.41, 5.74) is 0.514. The molecule has 1 unspecified atom stereocenters. The molecule has 1 saturated heterocycles. The van der Waals surface area contributed by atoms with Crippen LogP contribution in [-0.4, -0.2) is 35.6 Å². The highest BCUT2D eigenvalue weighted by Gasteiger charge is 2.27. The summed E-state index contributed by atoms with van der Waals surface area (Å²) in [5, 5.41) is 9.53. The van der Waals surface area contributed by atoms with Crippen LogP contribution < -0.4 is 0 Å². The highest BCUT2D eigenvalue weighted by atomic mass is 79.9. The molecular weight excluding hydrogens is 305 g/mol. The molecule has 5 heteroatoms. The Bertz CT molecular complexity index is 439. The molecule has 17 heavy (non-hydrogen) atoms. The normalized spacial score (nSPS) is 19.7. The molecule has 1 aliphatic heterocycles. The highest BCUT2D eigenvalue weighted by molar-refractivity contribution is 9.10. The van der Waals surface area contributed by atoms with E-state index in [9.17, 15) is 4.79 Å². The van der Waals surface area contributed by atoms with E-state index in [0.29, 0.717) is 23.7 Å². The molecule has 0 radical (unpaired) electrons. The Labute approximate surface area is 114 Å². The lowest BCUT2D eigenvalue weighted by Gasteiger charge is -2.17. The molecular formula is C12H13BrClNO2. The van der Waals surface area contributed by atoms with E-state index in [2.05, 4.69) is 15.9 Å². The van der Waals surface area contributed by atoms with Crippen LogP contribution in [0.5, 0.6) is 0 Å². The quantitative estimate of drug-likeness (QED) is 0.910. The molecule has 92 valence electrons. The van der Waals surface area contributed by atoms with Gasteiger partial charge in [0.1, 0.15) is 0 Å². The number of hydrogen-bond acceptors (Lipinski definition) is 2. The first-order valence-electron chi connectivity index (χ1n) is 5.47. The predicted octanol–water partition coefficient (Wildman–Crippen LogP) is 2.56. The van der Waals surface area contributed by atoms with E-state index in [1.54, 1.807) is 23.1 Å². The van der Waals surface area contributed by atoms with Gasteiger partial charge in [0.25, 0.3) is 5.91 Å². The van der Waals surface area contributed by atoms with E-state index in [4.69, 9.17) is 16.7 Å². The summed E-state index contributed by atoms with van der Waals surface area (Å²) >= 11 is 9.35. The maximum Gasteiger partial charge on any atom is 0.255 e. The van der Waals surface area contributed by atoms with E-state index < -0.39 is 0 Å². The molecule has 0 saturated carbocycles. The van der Waals surface area contributed by atoms with Gasteiger partial charge >= 0.3 is 0 Å². The highest BCUT2D eigenvalue weighted by Crippen LogP contribution is 2.25. The Morgan fingerprint density at radius 1 is 1.59 bits per heavy atom. The SMILES string of the molecule is O=C(c1cc(Br)ccc1Cl)N1CCC(CO)C1. The Morgan fingerprint density at radius 2 is 2.35 bits per heavy atom. The Hall–Kier alpha value is -0.580. The summed E-state index contributed by atoms with van der Waals surface area (Å²) < 4.78 is 0.836. The minimum Gasteiger partial charge on any atom is -0.396 e. The van der Waals surface area contributed by atoms with E-state index in [1.807, 2.05) is 0 Å². The molecule has 1 fully saturated rings. The minimum atomic E-state index is -0.0627. The van der Waals surface area contributed by atoms with Crippen LogP contribution in [0.4, 0.5) is 0 Å². The van der Waals surface area contributed by atoms with Crippen molar-refractivity contribution in [2.45, 2.75) is 6.42 Å². The fourth-order valence-electron chi connectivity index (χ4n) is 2.00. The third-order valence-corrected chi connectivity index (χ3v) is 3.81. The number of halogens is 2. The molecule has 1 aliphatic rings. The predicted molar refractivity (Wildman–Crippen MR) is 70.2 cm³/mol. The zero-order chi connectivity index (χ0) is 12.4. The fraction of sp³-hybridized carbons (Fsp3) is 0.417. The van der Waals surface area contributed by atoms with Gasteiger partial charge in [-0.3, -0.25) is 4.79 Å². The fourth-order valence-corrected chi connectivity index (χ4v) is 2.56. The number of aliphatic hydroxyl groups excluding tert-OH is 1. The number of nitrogens with zero attached hydrogens (tertiary/aromatic N) is 1. The summed E-state index contributed by atoms with van der Waals surface area (Å²) in [6.07, 6.45) is 0.855. The molecule has 0 spiro atoms. The van der Waals surface area contributed by atoms with Crippen molar-refractivity contribution in [2.24, 2.45) is 5.92 Å². The van der Waals surface area contributed by atoms with Gasteiger partial charge in [0.15, 0.2) is 0 Å². The van der Waals surface area contributed by atoms with Gasteiger partial charge < -0.3 is 10.0 Å². The lowest BCUT2D eigenvalue weighted by Crippen LogP contribution is -2.29. The van der Waals surface area contributed by atoms with Crippen LogP contribution in [-0.2, 0) is 0 Å². The first-order valence-corrected chi connectivity index (χ1v) is 6.64. The third-order valence-electron chi connectivity index (χ3n) is 2.99. The van der Waals surface area contributed by atoms with E-state index in [0.717, 1.165) is 10.9 Å². The van der Waals surface area contributed by atoms with Crippen molar-refractivity contribution in [1.82, 2.24) is 4.90 Å². The number of rotatable bonds is 2. The van der Waals surface area contributed by atoms with Crippen molar-refractivity contribution in [3.63, 3.8) is 0 Å². The molecule has 1 heterocycles. The molecule has 2 rings (SSSR count). The molecule has 1 aromatic carbocycles. The van der Waals surface area contributed by atoms with Crippen molar-refractivity contribution in [1.29, 1.82) is 0 Å². The van der Waals surface area contributed by atoms with Gasteiger partial charge in [-0.15, -0.1) is 0 Å². The van der Waals surface area contributed by atoms with Crippen LogP contribution in [0, 0.1) is 5.92 Å². The number of likely N-dealkylation sites (tertiary alicyclic amines) is 1. The van der Waals surface area contributed by atoms with E-state index in [1.165, 1.54) is 0 Å². The van der Waals surface area contributed by atoms with E-state index in [-0.39, 0.29) is 18.4 Å². The van der Waals surface area contributed by atoms with Crippen molar-refractivity contribution < 1.29 is 9.90 Å². The largest absolute Gasteiger partial charge is 0.396 e. The van der Waals surface area contributed by atoms with Crippen LogP contribution in [0.25, 0.3) is 0 Å². The number of carbonyl (C=O) groups excluding carboxylic acids is 1. The topological polar surface area (TPSA) is 40.5 Å². The summed E-state index contributed by atoms with van der Waals surface area (Å²) in [6.45, 7) is 1.43. The van der Waals surface area contributed by atoms with Crippen molar-refractivity contribution >= 4 is 33.4 Å². The van der Waals surface area contributed by atoms with Crippen molar-refractivity contribution in [2.75, 3.05) is 19.7 Å². The number of aliphatic hydroxyl groups is 1. The zero-order valence-electron chi connectivity index (χ0n) is 9.20. The van der Waals surface area contributed by atoms with Gasteiger partial charge in [0.05, 0.1) is 10.6 Å². The third kappa shape index (κ3) is 2.81.